The van der Waals surface area contributed by atoms with Crippen LogP contribution in [0.25, 0.3) is 6.08 Å². The highest BCUT2D eigenvalue weighted by molar-refractivity contribution is 7.80. The van der Waals surface area contributed by atoms with Gasteiger partial charge in [-0.1, -0.05) is 12.2 Å². The van der Waals surface area contributed by atoms with E-state index in [2.05, 4.69) is 17.6 Å². The van der Waals surface area contributed by atoms with Crippen LogP contribution in [0.2, 0.25) is 0 Å². The van der Waals surface area contributed by atoms with Crippen molar-refractivity contribution in [3.05, 3.63) is 40.3 Å². The smallest absolute Gasteiger partial charge is 0.248 e. The second-order valence-electron chi connectivity index (χ2n) is 2.07. The van der Waals surface area contributed by atoms with Crippen molar-refractivity contribution in [3.8, 4) is 0 Å². The predicted octanol–water partition coefficient (Wildman–Crippen LogP) is 1.32. The number of H-pyrrole nitrogens is 1. The molecule has 0 aliphatic heterocycles. The molecule has 1 heterocycles. The number of thiol groups is 1. The molecule has 0 aromatic carbocycles. The molecule has 1 aromatic rings. The Morgan fingerprint density at radius 3 is 3.09 bits per heavy atom. The highest BCUT2D eigenvalue weighted by Gasteiger charge is 1.84. The molecule has 0 unspecified atom stereocenters. The zero-order chi connectivity index (χ0) is 8.10. The number of hydrogen-bond acceptors (Lipinski definition) is 2. The standard InChI is InChI=1S/C8H9NOS/c10-8-6-7(2-1-5-11)3-4-9-8/h1-4,6,11H,5H2,(H,9,10). The lowest BCUT2D eigenvalue weighted by atomic mass is 10.2. The average molecular weight is 167 g/mol. The highest BCUT2D eigenvalue weighted by Crippen LogP contribution is 1.96. The summed E-state index contributed by atoms with van der Waals surface area (Å²) in [6.07, 6.45) is 5.38. The van der Waals surface area contributed by atoms with E-state index in [0.717, 1.165) is 5.56 Å². The molecule has 0 fully saturated rings. The number of pyridine rings is 1. The maximum Gasteiger partial charge on any atom is 0.248 e. The van der Waals surface area contributed by atoms with Crippen LogP contribution in [0.4, 0.5) is 0 Å². The molecule has 0 spiro atoms. The largest absolute Gasteiger partial charge is 0.329 e. The van der Waals surface area contributed by atoms with Crippen molar-refractivity contribution in [3.63, 3.8) is 0 Å². The highest BCUT2D eigenvalue weighted by atomic mass is 32.1. The van der Waals surface area contributed by atoms with Crippen LogP contribution in [0.1, 0.15) is 5.56 Å². The van der Waals surface area contributed by atoms with Gasteiger partial charge in [0.15, 0.2) is 0 Å². The average Bonchev–Trinajstić information content (AvgIpc) is 2.01. The van der Waals surface area contributed by atoms with Crippen molar-refractivity contribution in [1.82, 2.24) is 4.98 Å². The lowest BCUT2D eigenvalue weighted by Gasteiger charge is -1.88. The molecule has 0 saturated carbocycles. The fourth-order valence-corrected chi connectivity index (χ4v) is 0.859. The van der Waals surface area contributed by atoms with E-state index in [9.17, 15) is 4.79 Å². The summed E-state index contributed by atoms with van der Waals surface area (Å²) in [5, 5.41) is 0. The number of aromatic amines is 1. The van der Waals surface area contributed by atoms with Gasteiger partial charge in [-0.3, -0.25) is 4.79 Å². The zero-order valence-corrected chi connectivity index (χ0v) is 6.84. The molecule has 1 aromatic heterocycles. The summed E-state index contributed by atoms with van der Waals surface area (Å²) in [6.45, 7) is 0. The van der Waals surface area contributed by atoms with Gasteiger partial charge in [0.25, 0.3) is 0 Å². The molecule has 3 heteroatoms. The molecule has 58 valence electrons. The van der Waals surface area contributed by atoms with Crippen LogP contribution in [0.5, 0.6) is 0 Å². The molecule has 2 nitrogen and oxygen atoms in total. The number of aromatic nitrogens is 1. The zero-order valence-electron chi connectivity index (χ0n) is 5.95. The van der Waals surface area contributed by atoms with E-state index in [-0.39, 0.29) is 5.56 Å². The van der Waals surface area contributed by atoms with Crippen molar-refractivity contribution < 1.29 is 0 Å². The van der Waals surface area contributed by atoms with Gasteiger partial charge >= 0.3 is 0 Å². The van der Waals surface area contributed by atoms with Gasteiger partial charge in [0.2, 0.25) is 5.56 Å². The van der Waals surface area contributed by atoms with E-state index < -0.39 is 0 Å². The molecule has 0 aliphatic rings. The van der Waals surface area contributed by atoms with Gasteiger partial charge in [0.1, 0.15) is 0 Å². The summed E-state index contributed by atoms with van der Waals surface area (Å²) in [5.74, 6) is 0.687. The maximum absolute atomic E-state index is 10.7. The lowest BCUT2D eigenvalue weighted by Crippen LogP contribution is -2.01. The van der Waals surface area contributed by atoms with Gasteiger partial charge in [0.05, 0.1) is 0 Å². The summed E-state index contributed by atoms with van der Waals surface area (Å²) in [5.41, 5.74) is 0.828. The number of nitrogens with one attached hydrogen (secondary N) is 1. The summed E-state index contributed by atoms with van der Waals surface area (Å²) < 4.78 is 0. The topological polar surface area (TPSA) is 32.9 Å². The van der Waals surface area contributed by atoms with E-state index in [1.165, 1.54) is 0 Å². The van der Waals surface area contributed by atoms with Crippen molar-refractivity contribution in [2.75, 3.05) is 5.75 Å². The maximum atomic E-state index is 10.7. The van der Waals surface area contributed by atoms with Gasteiger partial charge < -0.3 is 4.98 Å². The Morgan fingerprint density at radius 1 is 1.64 bits per heavy atom. The van der Waals surface area contributed by atoms with Crippen molar-refractivity contribution in [2.24, 2.45) is 0 Å². The second-order valence-corrected chi connectivity index (χ2v) is 2.44. The van der Waals surface area contributed by atoms with E-state index in [4.69, 9.17) is 0 Å². The molecule has 0 aliphatic carbocycles. The van der Waals surface area contributed by atoms with Gasteiger partial charge in [-0.25, -0.2) is 0 Å². The van der Waals surface area contributed by atoms with Crippen molar-refractivity contribution in [1.29, 1.82) is 0 Å². The molecule has 1 rings (SSSR count). The number of hydrogen-bond donors (Lipinski definition) is 2. The van der Waals surface area contributed by atoms with E-state index in [0.29, 0.717) is 5.75 Å². The van der Waals surface area contributed by atoms with Gasteiger partial charge in [-0.05, 0) is 11.6 Å². The van der Waals surface area contributed by atoms with E-state index >= 15 is 0 Å². The summed E-state index contributed by atoms with van der Waals surface area (Å²) in [4.78, 5) is 13.3. The Labute approximate surface area is 70.4 Å². The Bertz CT molecular complexity index is 303. The Balaban J connectivity index is 2.88. The van der Waals surface area contributed by atoms with Crippen LogP contribution in [-0.4, -0.2) is 10.7 Å². The first-order valence-corrected chi connectivity index (χ1v) is 3.92. The molecule has 11 heavy (non-hydrogen) atoms. The van der Waals surface area contributed by atoms with Crippen LogP contribution in [0, 0.1) is 0 Å². The first kappa shape index (κ1) is 8.14. The first-order chi connectivity index (χ1) is 5.33. The molecule has 0 radical (unpaired) electrons. The quantitative estimate of drug-likeness (QED) is 0.640. The molecule has 0 bridgehead atoms. The predicted molar refractivity (Wildman–Crippen MR) is 49.9 cm³/mol. The minimum atomic E-state index is -0.0775. The van der Waals surface area contributed by atoms with Crippen LogP contribution in [0.15, 0.2) is 29.2 Å². The van der Waals surface area contributed by atoms with Gasteiger partial charge in [-0.15, -0.1) is 0 Å². The SMILES string of the molecule is O=c1cc(C=CCS)cc[nH]1. The molecule has 0 amide bonds. The van der Waals surface area contributed by atoms with E-state index in [1.54, 1.807) is 12.3 Å². The van der Waals surface area contributed by atoms with Crippen molar-refractivity contribution in [2.45, 2.75) is 0 Å². The third-order valence-electron chi connectivity index (χ3n) is 1.21. The molecular weight excluding hydrogens is 158 g/mol. The summed E-state index contributed by atoms with van der Waals surface area (Å²) >= 11 is 4.00. The normalized spacial score (nSPS) is 10.6. The molecule has 0 saturated heterocycles. The number of rotatable bonds is 2. The van der Waals surface area contributed by atoms with Crippen LogP contribution in [0.3, 0.4) is 0 Å². The summed E-state index contributed by atoms with van der Waals surface area (Å²) in [7, 11) is 0. The summed E-state index contributed by atoms with van der Waals surface area (Å²) in [6, 6.07) is 3.38. The van der Waals surface area contributed by atoms with E-state index in [1.807, 2.05) is 18.2 Å². The van der Waals surface area contributed by atoms with Crippen molar-refractivity contribution >= 4 is 18.7 Å². The fourth-order valence-electron chi connectivity index (χ4n) is 0.754. The Morgan fingerprint density at radius 2 is 2.45 bits per heavy atom. The lowest BCUT2D eigenvalue weighted by molar-refractivity contribution is 1.23. The monoisotopic (exact) mass is 167 g/mol. The van der Waals surface area contributed by atoms with Crippen LogP contribution < -0.4 is 5.56 Å². The Hall–Kier alpha value is -0.960. The van der Waals surface area contributed by atoms with Gasteiger partial charge in [0, 0.05) is 18.0 Å². The third kappa shape index (κ3) is 2.63. The second kappa shape index (κ2) is 4.03. The molecule has 1 N–H and O–H groups in total. The Kier molecular flexibility index (Phi) is 2.98. The minimum Gasteiger partial charge on any atom is -0.329 e. The third-order valence-corrected chi connectivity index (χ3v) is 1.43. The van der Waals surface area contributed by atoms with Crippen LogP contribution >= 0.6 is 12.6 Å². The fraction of sp³-hybridized carbons (Fsp3) is 0.125. The van der Waals surface area contributed by atoms with Gasteiger partial charge in [-0.2, -0.15) is 12.6 Å². The molecular formula is C8H9NOS. The molecule has 0 atom stereocenters. The van der Waals surface area contributed by atoms with Crippen LogP contribution in [-0.2, 0) is 0 Å². The minimum absolute atomic E-state index is 0.0775. The first-order valence-electron chi connectivity index (χ1n) is 3.29.